The van der Waals surface area contributed by atoms with E-state index in [-0.39, 0.29) is 0 Å². The van der Waals surface area contributed by atoms with Gasteiger partial charge in [0.1, 0.15) is 0 Å². The average Bonchev–Trinajstić information content (AvgIpc) is 2.74. The minimum absolute atomic E-state index is 0.353. The lowest BCUT2D eigenvalue weighted by atomic mass is 9.93. The molecule has 1 atom stereocenters. The van der Waals surface area contributed by atoms with Gasteiger partial charge >= 0.3 is 0 Å². The van der Waals surface area contributed by atoms with Crippen LogP contribution >= 0.6 is 0 Å². The molecule has 1 heterocycles. The van der Waals surface area contributed by atoms with Gasteiger partial charge in [-0.2, -0.15) is 0 Å². The topological polar surface area (TPSA) is 24.1 Å². The smallest absolute Gasteiger partial charge is 0.0743 e. The van der Waals surface area contributed by atoms with Crippen LogP contribution in [0.5, 0.6) is 0 Å². The van der Waals surface area contributed by atoms with E-state index in [9.17, 15) is 0 Å². The van der Waals surface area contributed by atoms with Crippen molar-refractivity contribution >= 4 is 5.69 Å². The molecule has 2 N–H and O–H groups in total. The Bertz CT molecular complexity index is 432. The van der Waals surface area contributed by atoms with Crippen molar-refractivity contribution in [3.05, 3.63) is 53.6 Å². The first kappa shape index (κ1) is 8.74. The first-order valence-electron chi connectivity index (χ1n) is 5.41. The number of allylic oxidation sites excluding steroid dienone is 3. The summed E-state index contributed by atoms with van der Waals surface area (Å²) >= 11 is 0. The van der Waals surface area contributed by atoms with Gasteiger partial charge in [0.25, 0.3) is 0 Å². The van der Waals surface area contributed by atoms with Crippen molar-refractivity contribution in [3.8, 4) is 0 Å². The lowest BCUT2D eigenvalue weighted by molar-refractivity contribution is 0.675. The summed E-state index contributed by atoms with van der Waals surface area (Å²) in [7, 11) is 0. The summed E-state index contributed by atoms with van der Waals surface area (Å²) in [5, 5.41) is 0. The Labute approximate surface area is 89.7 Å². The maximum Gasteiger partial charge on any atom is 0.0743 e. The number of hydrogen-bond donors (Lipinski definition) is 2. The second-order valence-corrected chi connectivity index (χ2v) is 4.00. The third kappa shape index (κ3) is 1.47. The van der Waals surface area contributed by atoms with Crippen LogP contribution in [0, 0.1) is 0 Å². The molecular formula is C13H14N2. The second kappa shape index (κ2) is 3.55. The van der Waals surface area contributed by atoms with Gasteiger partial charge in [-0.3, -0.25) is 0 Å². The highest BCUT2D eigenvalue weighted by molar-refractivity contribution is 5.58. The molecule has 3 rings (SSSR count). The quantitative estimate of drug-likeness (QED) is 0.725. The molecule has 1 unspecified atom stereocenters. The molecule has 2 aliphatic rings. The monoisotopic (exact) mass is 198 g/mol. The summed E-state index contributed by atoms with van der Waals surface area (Å²) in [4.78, 5) is 0. The van der Waals surface area contributed by atoms with Gasteiger partial charge in [-0.15, -0.1) is 0 Å². The van der Waals surface area contributed by atoms with Crippen LogP contribution in [-0.4, -0.2) is 0 Å². The Morgan fingerprint density at radius 2 is 2.13 bits per heavy atom. The fourth-order valence-electron chi connectivity index (χ4n) is 2.24. The lowest BCUT2D eigenvalue weighted by Crippen LogP contribution is -2.20. The molecule has 1 aliphatic carbocycles. The molecule has 2 heteroatoms. The van der Waals surface area contributed by atoms with Gasteiger partial charge in [0.2, 0.25) is 0 Å². The van der Waals surface area contributed by atoms with Crippen LogP contribution in [0.2, 0.25) is 0 Å². The Hall–Kier alpha value is -1.54. The van der Waals surface area contributed by atoms with Crippen molar-refractivity contribution < 1.29 is 0 Å². The van der Waals surface area contributed by atoms with Crippen molar-refractivity contribution in [1.29, 1.82) is 0 Å². The first-order valence-corrected chi connectivity index (χ1v) is 5.41. The molecule has 0 spiro atoms. The zero-order valence-electron chi connectivity index (χ0n) is 8.53. The molecule has 0 saturated carbocycles. The highest BCUT2D eigenvalue weighted by atomic mass is 15.4. The average molecular weight is 198 g/mol. The second-order valence-electron chi connectivity index (χ2n) is 4.00. The van der Waals surface area contributed by atoms with E-state index in [1.165, 1.54) is 16.8 Å². The summed E-state index contributed by atoms with van der Waals surface area (Å²) < 4.78 is 0. The number of benzene rings is 1. The lowest BCUT2D eigenvalue weighted by Gasteiger charge is -2.16. The van der Waals surface area contributed by atoms with Crippen LogP contribution < -0.4 is 10.9 Å². The zero-order valence-corrected chi connectivity index (χ0v) is 8.53. The van der Waals surface area contributed by atoms with Crippen LogP contribution in [0.15, 0.2) is 48.1 Å². The van der Waals surface area contributed by atoms with Gasteiger partial charge in [-0.05, 0) is 30.0 Å². The molecule has 0 amide bonds. The number of para-hydroxylation sites is 1. The molecule has 1 aromatic carbocycles. The largest absolute Gasteiger partial charge is 0.320 e. The summed E-state index contributed by atoms with van der Waals surface area (Å²) in [6.07, 6.45) is 8.92. The maximum atomic E-state index is 3.34. The molecule has 1 aromatic rings. The van der Waals surface area contributed by atoms with Crippen LogP contribution in [0.1, 0.15) is 24.4 Å². The molecule has 76 valence electrons. The van der Waals surface area contributed by atoms with Gasteiger partial charge in [0.15, 0.2) is 0 Å². The van der Waals surface area contributed by atoms with Crippen molar-refractivity contribution in [2.45, 2.75) is 18.9 Å². The molecule has 15 heavy (non-hydrogen) atoms. The van der Waals surface area contributed by atoms with Crippen molar-refractivity contribution in [2.24, 2.45) is 0 Å². The van der Waals surface area contributed by atoms with Crippen LogP contribution in [0.25, 0.3) is 0 Å². The highest BCUT2D eigenvalue weighted by Gasteiger charge is 2.24. The van der Waals surface area contributed by atoms with Gasteiger partial charge in [-0.25, -0.2) is 5.43 Å². The summed E-state index contributed by atoms with van der Waals surface area (Å²) in [6, 6.07) is 8.81. The molecule has 0 saturated heterocycles. The number of fused-ring (bicyclic) bond motifs is 1. The number of hydrazine groups is 1. The normalized spacial score (nSPS) is 23.2. The van der Waals surface area contributed by atoms with Crippen LogP contribution in [0.4, 0.5) is 5.69 Å². The summed E-state index contributed by atoms with van der Waals surface area (Å²) in [5.41, 5.74) is 10.6. The summed E-state index contributed by atoms with van der Waals surface area (Å²) in [5.74, 6) is 0. The Balaban J connectivity index is 1.96. The van der Waals surface area contributed by atoms with E-state index in [2.05, 4.69) is 53.3 Å². The van der Waals surface area contributed by atoms with E-state index in [1.54, 1.807) is 0 Å². The third-order valence-corrected chi connectivity index (χ3v) is 3.04. The maximum absolute atomic E-state index is 3.34. The van der Waals surface area contributed by atoms with Gasteiger partial charge in [0.05, 0.1) is 11.7 Å². The molecule has 0 fully saturated rings. The molecule has 0 bridgehead atoms. The number of anilines is 1. The molecule has 0 aromatic heterocycles. The van der Waals surface area contributed by atoms with E-state index in [0.29, 0.717) is 6.04 Å². The van der Waals surface area contributed by atoms with Crippen LogP contribution in [-0.2, 0) is 0 Å². The van der Waals surface area contributed by atoms with E-state index in [0.717, 1.165) is 12.8 Å². The zero-order chi connectivity index (χ0) is 10.1. The van der Waals surface area contributed by atoms with Gasteiger partial charge < -0.3 is 5.43 Å². The fraction of sp³-hybridized carbons (Fsp3) is 0.231. The van der Waals surface area contributed by atoms with E-state index in [1.807, 2.05) is 0 Å². The molecule has 0 radical (unpaired) electrons. The van der Waals surface area contributed by atoms with Gasteiger partial charge in [0, 0.05) is 0 Å². The fourth-order valence-corrected chi connectivity index (χ4v) is 2.24. The standard InChI is InChI=1S/C13H14N2/c1-2-6-10(7-3-1)13-11-8-4-5-9-12(11)14-15-13/h1-2,4-6,8-9,13-15H,3,7H2. The van der Waals surface area contributed by atoms with Crippen molar-refractivity contribution in [3.63, 3.8) is 0 Å². The van der Waals surface area contributed by atoms with E-state index >= 15 is 0 Å². The van der Waals surface area contributed by atoms with Crippen molar-refractivity contribution in [1.82, 2.24) is 5.43 Å². The molecule has 2 nitrogen and oxygen atoms in total. The van der Waals surface area contributed by atoms with Crippen molar-refractivity contribution in [2.75, 3.05) is 5.43 Å². The Morgan fingerprint density at radius 3 is 3.00 bits per heavy atom. The highest BCUT2D eigenvalue weighted by Crippen LogP contribution is 2.35. The SMILES string of the molecule is C1=CCCC(C2NNc3ccccc32)=C1. The number of hydrogen-bond acceptors (Lipinski definition) is 2. The van der Waals surface area contributed by atoms with Crippen LogP contribution in [0.3, 0.4) is 0 Å². The Morgan fingerprint density at radius 1 is 1.20 bits per heavy atom. The van der Waals surface area contributed by atoms with E-state index in [4.69, 9.17) is 0 Å². The predicted molar refractivity (Wildman–Crippen MR) is 62.4 cm³/mol. The minimum atomic E-state index is 0.353. The predicted octanol–water partition coefficient (Wildman–Crippen LogP) is 2.93. The number of rotatable bonds is 1. The number of nitrogens with one attached hydrogen (secondary N) is 2. The first-order chi connectivity index (χ1) is 7.45. The third-order valence-electron chi connectivity index (χ3n) is 3.04. The summed E-state index contributed by atoms with van der Waals surface area (Å²) in [6.45, 7) is 0. The molecule has 1 aliphatic heterocycles. The van der Waals surface area contributed by atoms with E-state index < -0.39 is 0 Å². The Kier molecular flexibility index (Phi) is 2.07. The molecular weight excluding hydrogens is 184 g/mol. The minimum Gasteiger partial charge on any atom is -0.320 e. The van der Waals surface area contributed by atoms with Gasteiger partial charge in [-0.1, -0.05) is 36.4 Å².